The van der Waals surface area contributed by atoms with Crippen molar-refractivity contribution in [1.82, 2.24) is 4.98 Å². The molecular weight excluding hydrogens is 258 g/mol. The van der Waals surface area contributed by atoms with Gasteiger partial charge in [0.25, 0.3) is 0 Å². The van der Waals surface area contributed by atoms with Crippen molar-refractivity contribution in [3.05, 3.63) is 28.5 Å². The SMILES string of the molecule is CCC(C)CSCc1ccc(Br)cn1. The second-order valence-electron chi connectivity index (χ2n) is 3.50. The van der Waals surface area contributed by atoms with Gasteiger partial charge in [-0.3, -0.25) is 4.98 Å². The molecule has 0 aliphatic rings. The number of thioether (sulfide) groups is 1. The third-order valence-electron chi connectivity index (χ3n) is 2.14. The molecule has 1 unspecified atom stereocenters. The number of pyridine rings is 1. The molecule has 0 aliphatic heterocycles. The second-order valence-corrected chi connectivity index (χ2v) is 5.44. The van der Waals surface area contributed by atoms with Gasteiger partial charge in [-0.2, -0.15) is 11.8 Å². The fraction of sp³-hybridized carbons (Fsp3) is 0.545. The average molecular weight is 274 g/mol. The smallest absolute Gasteiger partial charge is 0.0503 e. The average Bonchev–Trinajstić information content (AvgIpc) is 2.21. The van der Waals surface area contributed by atoms with Crippen LogP contribution < -0.4 is 0 Å². The Kier molecular flexibility index (Phi) is 5.56. The molecule has 1 aromatic rings. The molecule has 78 valence electrons. The predicted molar refractivity (Wildman–Crippen MR) is 67.6 cm³/mol. The Morgan fingerprint density at radius 2 is 2.29 bits per heavy atom. The summed E-state index contributed by atoms with van der Waals surface area (Å²) >= 11 is 5.35. The van der Waals surface area contributed by atoms with Crippen LogP contribution in [0.25, 0.3) is 0 Å². The molecule has 0 saturated heterocycles. The highest BCUT2D eigenvalue weighted by molar-refractivity contribution is 9.10. The van der Waals surface area contributed by atoms with Crippen molar-refractivity contribution in [1.29, 1.82) is 0 Å². The van der Waals surface area contributed by atoms with Crippen LogP contribution in [0.4, 0.5) is 0 Å². The van der Waals surface area contributed by atoms with Gasteiger partial charge < -0.3 is 0 Å². The zero-order chi connectivity index (χ0) is 10.4. The minimum Gasteiger partial charge on any atom is -0.259 e. The largest absolute Gasteiger partial charge is 0.259 e. The van der Waals surface area contributed by atoms with E-state index < -0.39 is 0 Å². The molecule has 14 heavy (non-hydrogen) atoms. The highest BCUT2D eigenvalue weighted by Crippen LogP contribution is 2.16. The molecule has 0 amide bonds. The van der Waals surface area contributed by atoms with Crippen molar-refractivity contribution in [2.24, 2.45) is 5.92 Å². The second kappa shape index (κ2) is 6.46. The Morgan fingerprint density at radius 1 is 1.50 bits per heavy atom. The third kappa shape index (κ3) is 4.47. The summed E-state index contributed by atoms with van der Waals surface area (Å²) in [6.45, 7) is 4.53. The van der Waals surface area contributed by atoms with E-state index in [9.17, 15) is 0 Å². The Bertz CT molecular complexity index is 260. The van der Waals surface area contributed by atoms with Crippen LogP contribution in [0.1, 0.15) is 26.0 Å². The van der Waals surface area contributed by atoms with Crippen LogP contribution in [0.3, 0.4) is 0 Å². The molecular formula is C11H16BrNS. The Morgan fingerprint density at radius 3 is 2.86 bits per heavy atom. The van der Waals surface area contributed by atoms with Gasteiger partial charge in [-0.05, 0) is 39.7 Å². The highest BCUT2D eigenvalue weighted by Gasteiger charge is 2.00. The number of halogens is 1. The standard InChI is InChI=1S/C11H16BrNS/c1-3-9(2)7-14-8-11-5-4-10(12)6-13-11/h4-6,9H,3,7-8H2,1-2H3. The van der Waals surface area contributed by atoms with Gasteiger partial charge >= 0.3 is 0 Å². The van der Waals surface area contributed by atoms with Crippen LogP contribution >= 0.6 is 27.7 Å². The summed E-state index contributed by atoms with van der Waals surface area (Å²) in [5.74, 6) is 3.07. The van der Waals surface area contributed by atoms with Gasteiger partial charge in [-0.15, -0.1) is 0 Å². The predicted octanol–water partition coefficient (Wildman–Crippen LogP) is 4.12. The molecule has 0 aromatic carbocycles. The van der Waals surface area contributed by atoms with E-state index in [0.29, 0.717) is 0 Å². The summed E-state index contributed by atoms with van der Waals surface area (Å²) in [6.07, 6.45) is 3.12. The highest BCUT2D eigenvalue weighted by atomic mass is 79.9. The van der Waals surface area contributed by atoms with Crippen LogP contribution in [-0.2, 0) is 5.75 Å². The summed E-state index contributed by atoms with van der Waals surface area (Å²) in [5, 5.41) is 0. The Balaban J connectivity index is 2.28. The molecule has 1 aromatic heterocycles. The van der Waals surface area contributed by atoms with E-state index in [1.165, 1.54) is 17.9 Å². The molecule has 1 atom stereocenters. The van der Waals surface area contributed by atoms with Crippen molar-refractivity contribution in [2.75, 3.05) is 5.75 Å². The van der Waals surface area contributed by atoms with Crippen LogP contribution in [0.2, 0.25) is 0 Å². The molecule has 0 N–H and O–H groups in total. The van der Waals surface area contributed by atoms with Crippen molar-refractivity contribution in [2.45, 2.75) is 26.0 Å². The normalized spacial score (nSPS) is 12.8. The van der Waals surface area contributed by atoms with E-state index in [-0.39, 0.29) is 0 Å². The number of aromatic nitrogens is 1. The fourth-order valence-corrected chi connectivity index (χ4v) is 2.34. The van der Waals surface area contributed by atoms with Crippen molar-refractivity contribution >= 4 is 27.7 Å². The lowest BCUT2D eigenvalue weighted by molar-refractivity contribution is 0.637. The first kappa shape index (κ1) is 12.1. The van der Waals surface area contributed by atoms with Crippen LogP contribution in [-0.4, -0.2) is 10.7 Å². The molecule has 1 rings (SSSR count). The number of hydrogen-bond donors (Lipinski definition) is 0. The van der Waals surface area contributed by atoms with Crippen molar-refractivity contribution in [3.8, 4) is 0 Å². The first-order chi connectivity index (χ1) is 6.72. The van der Waals surface area contributed by atoms with Crippen LogP contribution in [0.15, 0.2) is 22.8 Å². The van der Waals surface area contributed by atoms with E-state index in [4.69, 9.17) is 0 Å². The van der Waals surface area contributed by atoms with Crippen LogP contribution in [0.5, 0.6) is 0 Å². The van der Waals surface area contributed by atoms with Gasteiger partial charge in [0.15, 0.2) is 0 Å². The van der Waals surface area contributed by atoms with Gasteiger partial charge in [0.2, 0.25) is 0 Å². The summed E-state index contributed by atoms with van der Waals surface area (Å²) in [5.41, 5.74) is 1.17. The lowest BCUT2D eigenvalue weighted by atomic mass is 10.2. The first-order valence-electron chi connectivity index (χ1n) is 4.90. The molecule has 1 heterocycles. The third-order valence-corrected chi connectivity index (χ3v) is 3.91. The lowest BCUT2D eigenvalue weighted by Gasteiger charge is -2.06. The van der Waals surface area contributed by atoms with Crippen LogP contribution in [0, 0.1) is 5.92 Å². The zero-order valence-electron chi connectivity index (χ0n) is 8.66. The topological polar surface area (TPSA) is 12.9 Å². The van der Waals surface area contributed by atoms with E-state index in [0.717, 1.165) is 16.1 Å². The van der Waals surface area contributed by atoms with Gasteiger partial charge in [0, 0.05) is 16.4 Å². The molecule has 3 heteroatoms. The van der Waals surface area contributed by atoms with Gasteiger partial charge in [-0.1, -0.05) is 20.3 Å². The molecule has 0 aliphatic carbocycles. The maximum absolute atomic E-state index is 4.33. The summed E-state index contributed by atoms with van der Waals surface area (Å²) in [7, 11) is 0. The van der Waals surface area contributed by atoms with E-state index in [1.54, 1.807) is 0 Å². The van der Waals surface area contributed by atoms with E-state index in [1.807, 2.05) is 24.0 Å². The van der Waals surface area contributed by atoms with Gasteiger partial charge in [0.1, 0.15) is 0 Å². The monoisotopic (exact) mass is 273 g/mol. The van der Waals surface area contributed by atoms with E-state index >= 15 is 0 Å². The quantitative estimate of drug-likeness (QED) is 0.801. The number of nitrogens with zero attached hydrogens (tertiary/aromatic N) is 1. The summed E-state index contributed by atoms with van der Waals surface area (Å²) in [6, 6.07) is 4.12. The van der Waals surface area contributed by atoms with Gasteiger partial charge in [0.05, 0.1) is 5.69 Å². The first-order valence-corrected chi connectivity index (χ1v) is 6.85. The zero-order valence-corrected chi connectivity index (χ0v) is 11.1. The molecule has 0 bridgehead atoms. The molecule has 1 nitrogen and oxygen atoms in total. The Labute approximate surface area is 98.8 Å². The minimum absolute atomic E-state index is 0.815. The minimum atomic E-state index is 0.815. The lowest BCUT2D eigenvalue weighted by Crippen LogP contribution is -1.96. The number of hydrogen-bond acceptors (Lipinski definition) is 2. The molecule has 0 spiro atoms. The van der Waals surface area contributed by atoms with Crippen molar-refractivity contribution < 1.29 is 0 Å². The molecule has 0 fully saturated rings. The number of rotatable bonds is 5. The summed E-state index contributed by atoms with van der Waals surface area (Å²) < 4.78 is 1.05. The maximum Gasteiger partial charge on any atom is 0.0503 e. The summed E-state index contributed by atoms with van der Waals surface area (Å²) in [4.78, 5) is 4.33. The van der Waals surface area contributed by atoms with Crippen molar-refractivity contribution in [3.63, 3.8) is 0 Å². The van der Waals surface area contributed by atoms with E-state index in [2.05, 4.69) is 40.8 Å². The maximum atomic E-state index is 4.33. The molecule has 0 radical (unpaired) electrons. The van der Waals surface area contributed by atoms with Gasteiger partial charge in [-0.25, -0.2) is 0 Å². The molecule has 0 saturated carbocycles. The fourth-order valence-electron chi connectivity index (χ4n) is 0.974. The Hall–Kier alpha value is -0.0200.